The fraction of sp³-hybridized carbons (Fsp3) is 0.615. The van der Waals surface area contributed by atoms with E-state index in [0.717, 1.165) is 18.4 Å². The van der Waals surface area contributed by atoms with Crippen molar-refractivity contribution >= 4 is 17.4 Å². The van der Waals surface area contributed by atoms with Crippen LogP contribution in [0.15, 0.2) is 12.3 Å². The van der Waals surface area contributed by atoms with Crippen molar-refractivity contribution in [2.75, 3.05) is 19.8 Å². The second-order valence-electron chi connectivity index (χ2n) is 4.93. The highest BCUT2D eigenvalue weighted by molar-refractivity contribution is 6.30. The van der Waals surface area contributed by atoms with E-state index in [2.05, 4.69) is 29.2 Å². The first-order valence-corrected chi connectivity index (χ1v) is 6.85. The number of halogens is 1. The Morgan fingerprint density at radius 2 is 2.00 bits per heavy atom. The summed E-state index contributed by atoms with van der Waals surface area (Å²) in [7, 11) is 4.09. The number of nitrogens with two attached hydrogens (primary N) is 2. The lowest BCUT2D eigenvalue weighted by atomic mass is 9.80. The minimum Gasteiger partial charge on any atom is -0.383 e. The number of anilines is 1. The number of nitrogens with zero attached hydrogens (tertiary/aromatic N) is 2. The van der Waals surface area contributed by atoms with E-state index < -0.39 is 0 Å². The molecule has 1 heterocycles. The second-order valence-corrected chi connectivity index (χ2v) is 5.37. The third kappa shape index (κ3) is 3.00. The van der Waals surface area contributed by atoms with E-state index in [1.807, 2.05) is 20.2 Å². The standard InChI is InChI=1S/C13H24ClN5/c1-5-13(6-2,19(3)4)11(18-16)10-7-9(14)8-17-12(10)15/h7-8,11,18H,5-6,16H2,1-4H3,(H2,15,17). The van der Waals surface area contributed by atoms with Gasteiger partial charge in [-0.15, -0.1) is 0 Å². The third-order valence-electron chi connectivity index (χ3n) is 4.05. The van der Waals surface area contributed by atoms with E-state index in [1.165, 1.54) is 0 Å². The highest BCUT2D eigenvalue weighted by atomic mass is 35.5. The summed E-state index contributed by atoms with van der Waals surface area (Å²) in [6, 6.07) is 1.70. The van der Waals surface area contributed by atoms with Crippen LogP contribution in [0, 0.1) is 0 Å². The summed E-state index contributed by atoms with van der Waals surface area (Å²) in [5, 5.41) is 0.560. The molecule has 5 nitrogen and oxygen atoms in total. The molecule has 0 saturated heterocycles. The van der Waals surface area contributed by atoms with Crippen LogP contribution in [0.1, 0.15) is 38.3 Å². The van der Waals surface area contributed by atoms with Gasteiger partial charge in [-0.1, -0.05) is 25.4 Å². The van der Waals surface area contributed by atoms with Crippen LogP contribution in [0.4, 0.5) is 5.82 Å². The van der Waals surface area contributed by atoms with Crippen LogP contribution < -0.4 is 17.0 Å². The molecular weight excluding hydrogens is 262 g/mol. The highest BCUT2D eigenvalue weighted by Crippen LogP contribution is 2.37. The largest absolute Gasteiger partial charge is 0.383 e. The lowest BCUT2D eigenvalue weighted by Gasteiger charge is -2.45. The monoisotopic (exact) mass is 285 g/mol. The molecule has 0 aliphatic carbocycles. The van der Waals surface area contributed by atoms with Crippen LogP contribution in [0.3, 0.4) is 0 Å². The van der Waals surface area contributed by atoms with Crippen LogP contribution in [0.5, 0.6) is 0 Å². The van der Waals surface area contributed by atoms with Gasteiger partial charge in [0.2, 0.25) is 0 Å². The Labute approximate surface area is 120 Å². The van der Waals surface area contributed by atoms with Gasteiger partial charge in [0.05, 0.1) is 11.1 Å². The predicted octanol–water partition coefficient (Wildman–Crippen LogP) is 1.94. The number of likely N-dealkylation sites (N-methyl/N-ethyl adjacent to an activating group) is 1. The first-order chi connectivity index (χ1) is 8.92. The number of aromatic nitrogens is 1. The number of hydrazine groups is 1. The minimum absolute atomic E-state index is 0.135. The second kappa shape index (κ2) is 6.52. The van der Waals surface area contributed by atoms with Gasteiger partial charge in [0, 0.05) is 17.3 Å². The Balaban J connectivity index is 3.35. The van der Waals surface area contributed by atoms with Crippen LogP contribution in [-0.2, 0) is 0 Å². The molecule has 0 bridgehead atoms. The lowest BCUT2D eigenvalue weighted by molar-refractivity contribution is 0.0884. The Morgan fingerprint density at radius 1 is 1.42 bits per heavy atom. The number of hydrogen-bond acceptors (Lipinski definition) is 5. The molecule has 0 aliphatic rings. The molecule has 0 radical (unpaired) electrons. The molecule has 19 heavy (non-hydrogen) atoms. The number of pyridine rings is 1. The zero-order valence-electron chi connectivity index (χ0n) is 12.1. The molecule has 0 amide bonds. The molecule has 1 aromatic heterocycles. The van der Waals surface area contributed by atoms with Crippen molar-refractivity contribution in [1.82, 2.24) is 15.3 Å². The average molecular weight is 286 g/mol. The zero-order chi connectivity index (χ0) is 14.6. The van der Waals surface area contributed by atoms with E-state index in [0.29, 0.717) is 10.8 Å². The van der Waals surface area contributed by atoms with Crippen LogP contribution in [-0.4, -0.2) is 29.5 Å². The van der Waals surface area contributed by atoms with Crippen LogP contribution in [0.2, 0.25) is 5.02 Å². The highest BCUT2D eigenvalue weighted by Gasteiger charge is 2.39. The summed E-state index contributed by atoms with van der Waals surface area (Å²) >= 11 is 6.03. The van der Waals surface area contributed by atoms with Gasteiger partial charge in [-0.2, -0.15) is 0 Å². The van der Waals surface area contributed by atoms with Crippen molar-refractivity contribution in [3.8, 4) is 0 Å². The van der Waals surface area contributed by atoms with Crippen LogP contribution >= 0.6 is 11.6 Å². The Morgan fingerprint density at radius 3 is 2.42 bits per heavy atom. The molecule has 0 aromatic carbocycles. The molecule has 1 atom stereocenters. The summed E-state index contributed by atoms with van der Waals surface area (Å²) in [6.07, 6.45) is 3.40. The fourth-order valence-corrected chi connectivity index (χ4v) is 2.95. The molecule has 108 valence electrons. The molecule has 1 aromatic rings. The molecule has 1 rings (SSSR count). The molecule has 0 saturated carbocycles. The van der Waals surface area contributed by atoms with Crippen LogP contribution in [0.25, 0.3) is 0 Å². The number of nitrogen functional groups attached to an aromatic ring is 1. The topological polar surface area (TPSA) is 80.2 Å². The number of rotatable bonds is 6. The van der Waals surface area contributed by atoms with Crippen molar-refractivity contribution in [2.45, 2.75) is 38.3 Å². The Kier molecular flexibility index (Phi) is 5.55. The van der Waals surface area contributed by atoms with E-state index in [4.69, 9.17) is 23.2 Å². The first kappa shape index (κ1) is 16.2. The molecular formula is C13H24ClN5. The van der Waals surface area contributed by atoms with Crippen molar-refractivity contribution in [2.24, 2.45) is 5.84 Å². The van der Waals surface area contributed by atoms with Gasteiger partial charge in [-0.3, -0.25) is 11.3 Å². The predicted molar refractivity (Wildman–Crippen MR) is 80.7 cm³/mol. The molecule has 0 fully saturated rings. The summed E-state index contributed by atoms with van der Waals surface area (Å²) in [4.78, 5) is 6.30. The van der Waals surface area contributed by atoms with E-state index in [-0.39, 0.29) is 11.6 Å². The minimum atomic E-state index is -0.144. The van der Waals surface area contributed by atoms with Crippen molar-refractivity contribution < 1.29 is 0 Å². The van der Waals surface area contributed by atoms with E-state index in [1.54, 1.807) is 6.20 Å². The summed E-state index contributed by atoms with van der Waals surface area (Å²) in [6.45, 7) is 4.28. The SMILES string of the molecule is CCC(CC)(C(NN)c1cc(Cl)cnc1N)N(C)C. The first-order valence-electron chi connectivity index (χ1n) is 6.47. The molecule has 5 N–H and O–H groups in total. The number of hydrogen-bond donors (Lipinski definition) is 3. The lowest BCUT2D eigenvalue weighted by Crippen LogP contribution is -2.54. The smallest absolute Gasteiger partial charge is 0.128 e. The van der Waals surface area contributed by atoms with Gasteiger partial charge >= 0.3 is 0 Å². The molecule has 1 unspecified atom stereocenters. The Hall–Kier alpha value is -0.880. The quantitative estimate of drug-likeness (QED) is 0.550. The molecule has 0 aliphatic heterocycles. The maximum Gasteiger partial charge on any atom is 0.128 e. The van der Waals surface area contributed by atoms with E-state index >= 15 is 0 Å². The van der Waals surface area contributed by atoms with Crippen molar-refractivity contribution in [3.63, 3.8) is 0 Å². The van der Waals surface area contributed by atoms with Gasteiger partial charge in [-0.25, -0.2) is 4.98 Å². The van der Waals surface area contributed by atoms with Crippen molar-refractivity contribution in [3.05, 3.63) is 22.8 Å². The summed E-state index contributed by atoms with van der Waals surface area (Å²) in [5.74, 6) is 6.25. The normalized spacial score (nSPS) is 13.8. The van der Waals surface area contributed by atoms with Gasteiger partial charge in [0.1, 0.15) is 5.82 Å². The summed E-state index contributed by atoms with van der Waals surface area (Å²) < 4.78 is 0. The molecule has 0 spiro atoms. The number of nitrogens with one attached hydrogen (secondary N) is 1. The van der Waals surface area contributed by atoms with Crippen molar-refractivity contribution in [1.29, 1.82) is 0 Å². The average Bonchev–Trinajstić information content (AvgIpc) is 2.39. The fourth-order valence-electron chi connectivity index (χ4n) is 2.78. The van der Waals surface area contributed by atoms with Gasteiger partial charge in [0.15, 0.2) is 0 Å². The third-order valence-corrected chi connectivity index (χ3v) is 4.25. The maximum atomic E-state index is 6.03. The van der Waals surface area contributed by atoms with E-state index in [9.17, 15) is 0 Å². The molecule has 6 heteroatoms. The van der Waals surface area contributed by atoms with Gasteiger partial charge < -0.3 is 10.6 Å². The Bertz CT molecular complexity index is 417. The maximum absolute atomic E-state index is 6.03. The van der Waals surface area contributed by atoms with Gasteiger partial charge in [-0.05, 0) is 33.0 Å². The summed E-state index contributed by atoms with van der Waals surface area (Å²) in [5.41, 5.74) is 9.58. The van der Waals surface area contributed by atoms with Gasteiger partial charge in [0.25, 0.3) is 0 Å². The zero-order valence-corrected chi connectivity index (χ0v) is 12.8.